The Morgan fingerprint density at radius 2 is 1.83 bits per heavy atom. The first-order valence-electron chi connectivity index (χ1n) is 8.78. The number of nitrogens with zero attached hydrogens (tertiary/aromatic N) is 1. The van der Waals surface area contributed by atoms with Crippen LogP contribution in [0.3, 0.4) is 0 Å². The molecule has 0 saturated heterocycles. The van der Waals surface area contributed by atoms with E-state index in [1.807, 2.05) is 20.8 Å². The maximum absolute atomic E-state index is 11.9. The number of hydrogen-bond acceptors (Lipinski definition) is 3. The molecule has 0 fully saturated rings. The molecule has 0 saturated carbocycles. The summed E-state index contributed by atoms with van der Waals surface area (Å²) in [4.78, 5) is 14.3. The van der Waals surface area contributed by atoms with Crippen LogP contribution in [-0.4, -0.2) is 47.8 Å². The van der Waals surface area contributed by atoms with Crippen molar-refractivity contribution >= 4 is 6.03 Å². The molecule has 5 nitrogen and oxygen atoms in total. The highest BCUT2D eigenvalue weighted by atomic mass is 16.3. The number of aliphatic hydroxyl groups is 1. The van der Waals surface area contributed by atoms with Crippen molar-refractivity contribution < 1.29 is 9.90 Å². The van der Waals surface area contributed by atoms with Gasteiger partial charge in [0.2, 0.25) is 0 Å². The molecule has 24 heavy (non-hydrogen) atoms. The summed E-state index contributed by atoms with van der Waals surface area (Å²) in [5, 5.41) is 15.6. The van der Waals surface area contributed by atoms with Crippen LogP contribution in [0.2, 0.25) is 0 Å². The first-order valence-corrected chi connectivity index (χ1v) is 8.78. The predicted molar refractivity (Wildman–Crippen MR) is 96.9 cm³/mol. The van der Waals surface area contributed by atoms with Gasteiger partial charge in [0, 0.05) is 32.2 Å². The van der Waals surface area contributed by atoms with E-state index >= 15 is 0 Å². The Hall–Kier alpha value is -1.59. The van der Waals surface area contributed by atoms with Gasteiger partial charge in [-0.15, -0.1) is 0 Å². The number of benzene rings is 1. The first-order chi connectivity index (χ1) is 11.3. The zero-order valence-corrected chi connectivity index (χ0v) is 15.3. The largest absolute Gasteiger partial charge is 0.391 e. The van der Waals surface area contributed by atoms with Gasteiger partial charge in [-0.3, -0.25) is 4.90 Å². The zero-order valence-electron chi connectivity index (χ0n) is 15.3. The van der Waals surface area contributed by atoms with E-state index in [-0.39, 0.29) is 24.0 Å². The lowest BCUT2D eigenvalue weighted by atomic mass is 9.89. The molecule has 2 atom stereocenters. The maximum Gasteiger partial charge on any atom is 0.314 e. The van der Waals surface area contributed by atoms with Crippen LogP contribution in [0.15, 0.2) is 24.3 Å². The molecular weight excluding hydrogens is 302 g/mol. The third-order valence-electron chi connectivity index (χ3n) is 4.80. The van der Waals surface area contributed by atoms with E-state index in [9.17, 15) is 9.90 Å². The lowest BCUT2D eigenvalue weighted by Gasteiger charge is -2.33. The molecule has 3 N–H and O–H groups in total. The Morgan fingerprint density at radius 1 is 1.21 bits per heavy atom. The number of fused-ring (bicyclic) bond motifs is 1. The topological polar surface area (TPSA) is 64.6 Å². The molecule has 2 amide bonds. The van der Waals surface area contributed by atoms with Crippen molar-refractivity contribution in [2.45, 2.75) is 52.8 Å². The molecule has 1 aliphatic rings. The van der Waals surface area contributed by atoms with Crippen LogP contribution in [0.4, 0.5) is 4.79 Å². The minimum atomic E-state index is -0.556. The monoisotopic (exact) mass is 333 g/mol. The Bertz CT molecular complexity index is 554. The average Bonchev–Trinajstić information content (AvgIpc) is 2.56. The third kappa shape index (κ3) is 5.21. The molecule has 2 rings (SSSR count). The van der Waals surface area contributed by atoms with Crippen LogP contribution >= 0.6 is 0 Å². The van der Waals surface area contributed by atoms with Crippen molar-refractivity contribution in [2.24, 2.45) is 5.41 Å². The standard InChI is InChI=1S/C19H31N3O2/c1-14(11-20-18(24)21-12-17(23)19(2,3)4)22-10-9-15-7-5-6-8-16(15)13-22/h5-8,14,17,23H,9-13H2,1-4H3,(H2,20,21,24). The lowest BCUT2D eigenvalue weighted by Crippen LogP contribution is -2.48. The number of hydrogen-bond donors (Lipinski definition) is 3. The van der Waals surface area contributed by atoms with Crippen LogP contribution in [0.1, 0.15) is 38.8 Å². The molecule has 5 heteroatoms. The molecule has 1 heterocycles. The quantitative estimate of drug-likeness (QED) is 0.773. The summed E-state index contributed by atoms with van der Waals surface area (Å²) in [7, 11) is 0. The van der Waals surface area contributed by atoms with Gasteiger partial charge >= 0.3 is 6.03 Å². The molecule has 0 spiro atoms. The molecule has 0 aromatic heterocycles. The Kier molecular flexibility index (Phi) is 6.24. The summed E-state index contributed by atoms with van der Waals surface area (Å²) in [5.74, 6) is 0. The van der Waals surface area contributed by atoms with Crippen molar-refractivity contribution in [3.63, 3.8) is 0 Å². The molecule has 2 unspecified atom stereocenters. The van der Waals surface area contributed by atoms with Crippen LogP contribution in [0.5, 0.6) is 0 Å². The van der Waals surface area contributed by atoms with Crippen LogP contribution in [-0.2, 0) is 13.0 Å². The van der Waals surface area contributed by atoms with E-state index in [4.69, 9.17) is 0 Å². The molecule has 0 bridgehead atoms. The summed E-state index contributed by atoms with van der Waals surface area (Å²) < 4.78 is 0. The van der Waals surface area contributed by atoms with Crippen molar-refractivity contribution in [3.8, 4) is 0 Å². The van der Waals surface area contributed by atoms with Gasteiger partial charge < -0.3 is 15.7 Å². The van der Waals surface area contributed by atoms with Gasteiger partial charge in [0.1, 0.15) is 0 Å². The van der Waals surface area contributed by atoms with E-state index in [2.05, 4.69) is 46.7 Å². The molecule has 0 radical (unpaired) electrons. The normalized spacial score (nSPS) is 17.7. The van der Waals surface area contributed by atoms with Crippen LogP contribution in [0.25, 0.3) is 0 Å². The van der Waals surface area contributed by atoms with Gasteiger partial charge in [0.25, 0.3) is 0 Å². The van der Waals surface area contributed by atoms with Gasteiger partial charge in [-0.25, -0.2) is 4.79 Å². The molecule has 0 aliphatic carbocycles. The van der Waals surface area contributed by atoms with Gasteiger partial charge in [-0.1, -0.05) is 45.0 Å². The number of carbonyl (C=O) groups is 1. The van der Waals surface area contributed by atoms with Gasteiger partial charge in [0.05, 0.1) is 6.10 Å². The Balaban J connectivity index is 1.73. The maximum atomic E-state index is 11.9. The molecule has 134 valence electrons. The van der Waals surface area contributed by atoms with E-state index in [1.165, 1.54) is 11.1 Å². The SMILES string of the molecule is CC(CNC(=O)NCC(O)C(C)(C)C)N1CCc2ccccc2C1. The third-order valence-corrected chi connectivity index (χ3v) is 4.80. The highest BCUT2D eigenvalue weighted by Gasteiger charge is 2.23. The van der Waals surface area contributed by atoms with Crippen molar-refractivity contribution in [1.29, 1.82) is 0 Å². The average molecular weight is 333 g/mol. The number of aliphatic hydroxyl groups excluding tert-OH is 1. The number of carbonyl (C=O) groups excluding carboxylic acids is 1. The second kappa shape index (κ2) is 7.99. The highest BCUT2D eigenvalue weighted by molar-refractivity contribution is 5.73. The van der Waals surface area contributed by atoms with E-state index in [0.717, 1.165) is 19.5 Å². The summed E-state index contributed by atoms with van der Waals surface area (Å²) in [6.07, 6.45) is 0.504. The highest BCUT2D eigenvalue weighted by Crippen LogP contribution is 2.20. The second-order valence-corrected chi connectivity index (χ2v) is 7.81. The molecule has 1 aromatic carbocycles. The van der Waals surface area contributed by atoms with Gasteiger partial charge in [0.15, 0.2) is 0 Å². The van der Waals surface area contributed by atoms with Crippen molar-refractivity contribution in [2.75, 3.05) is 19.6 Å². The number of rotatable bonds is 5. The summed E-state index contributed by atoms with van der Waals surface area (Å²) in [6.45, 7) is 10.8. The summed E-state index contributed by atoms with van der Waals surface area (Å²) >= 11 is 0. The second-order valence-electron chi connectivity index (χ2n) is 7.81. The fraction of sp³-hybridized carbons (Fsp3) is 0.632. The minimum Gasteiger partial charge on any atom is -0.391 e. The zero-order chi connectivity index (χ0) is 17.7. The number of nitrogens with one attached hydrogen (secondary N) is 2. The number of amides is 2. The summed E-state index contributed by atoms with van der Waals surface area (Å²) in [6, 6.07) is 8.61. The van der Waals surface area contributed by atoms with E-state index < -0.39 is 6.10 Å². The van der Waals surface area contributed by atoms with Crippen molar-refractivity contribution in [3.05, 3.63) is 35.4 Å². The van der Waals surface area contributed by atoms with Crippen molar-refractivity contribution in [1.82, 2.24) is 15.5 Å². The van der Waals surface area contributed by atoms with Gasteiger partial charge in [-0.05, 0) is 29.9 Å². The first kappa shape index (κ1) is 18.7. The van der Waals surface area contributed by atoms with Crippen LogP contribution < -0.4 is 10.6 Å². The minimum absolute atomic E-state index is 0.220. The van der Waals surface area contributed by atoms with Crippen LogP contribution in [0, 0.1) is 5.41 Å². The molecule has 1 aromatic rings. The fourth-order valence-corrected chi connectivity index (χ4v) is 2.82. The van der Waals surface area contributed by atoms with Gasteiger partial charge in [-0.2, -0.15) is 0 Å². The van der Waals surface area contributed by atoms with E-state index in [1.54, 1.807) is 0 Å². The Morgan fingerprint density at radius 3 is 2.50 bits per heavy atom. The molecular formula is C19H31N3O2. The predicted octanol–water partition coefficient (Wildman–Crippen LogP) is 2.14. The van der Waals surface area contributed by atoms with E-state index in [0.29, 0.717) is 6.54 Å². The fourth-order valence-electron chi connectivity index (χ4n) is 2.82. The molecule has 1 aliphatic heterocycles. The summed E-state index contributed by atoms with van der Waals surface area (Å²) in [5.41, 5.74) is 2.58. The Labute approximate surface area is 145 Å². The number of urea groups is 1. The smallest absolute Gasteiger partial charge is 0.314 e. The lowest BCUT2D eigenvalue weighted by molar-refractivity contribution is 0.0649.